The number of ketones is 1. The predicted molar refractivity (Wildman–Crippen MR) is 78.9 cm³/mol. The first-order valence-corrected chi connectivity index (χ1v) is 7.22. The van der Waals surface area contributed by atoms with Crippen molar-refractivity contribution in [2.75, 3.05) is 0 Å². The van der Waals surface area contributed by atoms with E-state index in [2.05, 4.69) is 6.92 Å². The second-order valence-corrected chi connectivity index (χ2v) is 5.04. The number of hydrogen-bond acceptors (Lipinski definition) is 3. The summed E-state index contributed by atoms with van der Waals surface area (Å²) in [7, 11) is 0. The highest BCUT2D eigenvalue weighted by atomic mass is 16.3. The SMILES string of the molecule is CCCCCCCCC(=O)c1ccc(O)c(C(N)=O)c1. The van der Waals surface area contributed by atoms with Crippen LogP contribution in [0.2, 0.25) is 0 Å². The van der Waals surface area contributed by atoms with Gasteiger partial charge in [0.25, 0.3) is 5.91 Å². The predicted octanol–water partition coefficient (Wildman–Crippen LogP) is 3.42. The zero-order valence-electron chi connectivity index (χ0n) is 12.0. The van der Waals surface area contributed by atoms with Gasteiger partial charge >= 0.3 is 0 Å². The molecule has 4 heteroatoms. The van der Waals surface area contributed by atoms with E-state index < -0.39 is 5.91 Å². The number of nitrogens with two attached hydrogens (primary N) is 1. The van der Waals surface area contributed by atoms with E-state index in [4.69, 9.17) is 5.73 Å². The van der Waals surface area contributed by atoms with Crippen molar-refractivity contribution in [2.45, 2.75) is 51.9 Å². The molecule has 0 aromatic heterocycles. The molecule has 0 bridgehead atoms. The number of unbranched alkanes of at least 4 members (excludes halogenated alkanes) is 5. The van der Waals surface area contributed by atoms with Crippen molar-refractivity contribution in [1.82, 2.24) is 0 Å². The van der Waals surface area contributed by atoms with Crippen molar-refractivity contribution in [3.63, 3.8) is 0 Å². The highest BCUT2D eigenvalue weighted by Gasteiger charge is 2.12. The van der Waals surface area contributed by atoms with Crippen LogP contribution in [0.25, 0.3) is 0 Å². The number of aromatic hydroxyl groups is 1. The molecule has 0 atom stereocenters. The first kappa shape index (κ1) is 16.2. The molecule has 0 spiro atoms. The zero-order chi connectivity index (χ0) is 15.0. The van der Waals surface area contributed by atoms with Gasteiger partial charge in [-0.1, -0.05) is 39.0 Å². The van der Waals surface area contributed by atoms with Crippen molar-refractivity contribution in [3.8, 4) is 5.75 Å². The van der Waals surface area contributed by atoms with E-state index in [1.165, 1.54) is 37.5 Å². The molecule has 3 N–H and O–H groups in total. The van der Waals surface area contributed by atoms with Crippen LogP contribution in [0.3, 0.4) is 0 Å². The van der Waals surface area contributed by atoms with Crippen molar-refractivity contribution >= 4 is 11.7 Å². The van der Waals surface area contributed by atoms with Gasteiger partial charge in [-0.3, -0.25) is 9.59 Å². The molecule has 0 aliphatic heterocycles. The Bertz CT molecular complexity index is 469. The maximum Gasteiger partial charge on any atom is 0.252 e. The third-order valence-corrected chi connectivity index (χ3v) is 3.34. The molecule has 0 aliphatic carbocycles. The van der Waals surface area contributed by atoms with Gasteiger partial charge in [0.1, 0.15) is 5.75 Å². The molecule has 1 aromatic rings. The fourth-order valence-electron chi connectivity index (χ4n) is 2.12. The van der Waals surface area contributed by atoms with Crippen molar-refractivity contribution in [3.05, 3.63) is 29.3 Å². The fourth-order valence-corrected chi connectivity index (χ4v) is 2.12. The normalized spacial score (nSPS) is 10.4. The van der Waals surface area contributed by atoms with Crippen molar-refractivity contribution in [1.29, 1.82) is 0 Å². The molecule has 0 fully saturated rings. The molecule has 0 aliphatic rings. The number of amides is 1. The van der Waals surface area contributed by atoms with Gasteiger partial charge in [0.15, 0.2) is 5.78 Å². The number of Topliss-reactive ketones (excluding diaryl/α,β-unsaturated/α-hetero) is 1. The summed E-state index contributed by atoms with van der Waals surface area (Å²) in [5.41, 5.74) is 5.58. The largest absolute Gasteiger partial charge is 0.507 e. The van der Waals surface area contributed by atoms with Crippen LogP contribution in [0.5, 0.6) is 5.75 Å². The number of carbonyl (C=O) groups is 2. The van der Waals surface area contributed by atoms with E-state index in [0.717, 1.165) is 19.3 Å². The van der Waals surface area contributed by atoms with Gasteiger partial charge in [0, 0.05) is 12.0 Å². The molecule has 0 unspecified atom stereocenters. The minimum atomic E-state index is -0.725. The van der Waals surface area contributed by atoms with Crippen LogP contribution in [0, 0.1) is 0 Å². The lowest BCUT2D eigenvalue weighted by molar-refractivity contribution is 0.0979. The maximum atomic E-state index is 12.0. The topological polar surface area (TPSA) is 80.4 Å². The van der Waals surface area contributed by atoms with Crippen LogP contribution < -0.4 is 5.73 Å². The average molecular weight is 277 g/mol. The second kappa shape index (κ2) is 8.35. The van der Waals surface area contributed by atoms with Crippen LogP contribution in [0.1, 0.15) is 72.6 Å². The highest BCUT2D eigenvalue weighted by Crippen LogP contribution is 2.19. The maximum absolute atomic E-state index is 12.0. The summed E-state index contributed by atoms with van der Waals surface area (Å²) in [4.78, 5) is 23.1. The van der Waals surface area contributed by atoms with E-state index in [-0.39, 0.29) is 17.1 Å². The molecule has 4 nitrogen and oxygen atoms in total. The molecular weight excluding hydrogens is 254 g/mol. The Balaban J connectivity index is 2.47. The van der Waals surface area contributed by atoms with Crippen LogP contribution >= 0.6 is 0 Å². The quantitative estimate of drug-likeness (QED) is 0.536. The van der Waals surface area contributed by atoms with E-state index in [1.54, 1.807) is 0 Å². The third-order valence-electron chi connectivity index (χ3n) is 3.34. The monoisotopic (exact) mass is 277 g/mol. The molecule has 110 valence electrons. The number of hydrogen-bond donors (Lipinski definition) is 2. The first-order chi connectivity index (χ1) is 9.56. The Kier molecular flexibility index (Phi) is 6.77. The summed E-state index contributed by atoms with van der Waals surface area (Å²) in [6.45, 7) is 2.17. The summed E-state index contributed by atoms with van der Waals surface area (Å²) in [5, 5.41) is 9.47. The molecule has 0 saturated heterocycles. The molecule has 0 heterocycles. The van der Waals surface area contributed by atoms with Crippen LogP contribution in [-0.4, -0.2) is 16.8 Å². The first-order valence-electron chi connectivity index (χ1n) is 7.22. The van der Waals surface area contributed by atoms with Gasteiger partial charge in [-0.25, -0.2) is 0 Å². The van der Waals surface area contributed by atoms with Crippen molar-refractivity contribution < 1.29 is 14.7 Å². The van der Waals surface area contributed by atoms with Gasteiger partial charge in [0.05, 0.1) is 5.56 Å². The zero-order valence-corrected chi connectivity index (χ0v) is 12.0. The van der Waals surface area contributed by atoms with Crippen molar-refractivity contribution in [2.24, 2.45) is 5.73 Å². The minimum absolute atomic E-state index is 0.00112. The van der Waals surface area contributed by atoms with Crippen LogP contribution in [-0.2, 0) is 0 Å². The second-order valence-electron chi connectivity index (χ2n) is 5.04. The van der Waals surface area contributed by atoms with E-state index in [1.807, 2.05) is 0 Å². The Morgan fingerprint density at radius 1 is 1.10 bits per heavy atom. The Labute approximate surface area is 120 Å². The summed E-state index contributed by atoms with van der Waals surface area (Å²) in [6.07, 6.45) is 7.20. The summed E-state index contributed by atoms with van der Waals surface area (Å²) in [5.74, 6) is -0.923. The molecular formula is C16H23NO3. The highest BCUT2D eigenvalue weighted by molar-refractivity contribution is 6.01. The smallest absolute Gasteiger partial charge is 0.252 e. The number of benzene rings is 1. The van der Waals surface area contributed by atoms with Crippen LogP contribution in [0.15, 0.2) is 18.2 Å². The number of rotatable bonds is 9. The van der Waals surface area contributed by atoms with E-state index >= 15 is 0 Å². The van der Waals surface area contributed by atoms with Gasteiger partial charge in [0.2, 0.25) is 0 Å². The lowest BCUT2D eigenvalue weighted by Crippen LogP contribution is -2.12. The summed E-state index contributed by atoms with van der Waals surface area (Å²) < 4.78 is 0. The summed E-state index contributed by atoms with van der Waals surface area (Å²) in [6, 6.07) is 4.24. The van der Waals surface area contributed by atoms with Gasteiger partial charge in [-0.2, -0.15) is 0 Å². The van der Waals surface area contributed by atoms with Crippen LogP contribution in [0.4, 0.5) is 0 Å². The fraction of sp³-hybridized carbons (Fsp3) is 0.500. The number of phenols is 1. The Morgan fingerprint density at radius 3 is 2.40 bits per heavy atom. The molecule has 1 amide bonds. The van der Waals surface area contributed by atoms with Gasteiger partial charge < -0.3 is 10.8 Å². The lowest BCUT2D eigenvalue weighted by Gasteiger charge is -2.05. The number of carbonyl (C=O) groups excluding carboxylic acids is 2. The molecule has 1 aromatic carbocycles. The molecule has 0 radical (unpaired) electrons. The number of primary amides is 1. The average Bonchev–Trinajstić information content (AvgIpc) is 2.42. The lowest BCUT2D eigenvalue weighted by atomic mass is 10.0. The molecule has 1 rings (SSSR count). The summed E-state index contributed by atoms with van der Waals surface area (Å²) >= 11 is 0. The Hall–Kier alpha value is -1.84. The standard InChI is InChI=1S/C16H23NO3/c1-2-3-4-5-6-7-8-14(18)12-9-10-15(19)13(11-12)16(17)20/h9-11,19H,2-8H2,1H3,(H2,17,20). The Morgan fingerprint density at radius 2 is 1.75 bits per heavy atom. The molecule has 0 saturated carbocycles. The van der Waals surface area contributed by atoms with E-state index in [0.29, 0.717) is 12.0 Å². The molecule has 20 heavy (non-hydrogen) atoms. The minimum Gasteiger partial charge on any atom is -0.507 e. The van der Waals surface area contributed by atoms with Gasteiger partial charge in [-0.15, -0.1) is 0 Å². The third kappa shape index (κ3) is 5.03. The van der Waals surface area contributed by atoms with E-state index in [9.17, 15) is 14.7 Å². The van der Waals surface area contributed by atoms with Gasteiger partial charge in [-0.05, 0) is 24.6 Å².